The smallest absolute Gasteiger partial charge is 0.221 e. The summed E-state index contributed by atoms with van der Waals surface area (Å²) in [4.78, 5) is 19.9. The number of hydrogen-bond acceptors (Lipinski definition) is 6. The molecule has 0 aliphatic carbocycles. The van der Waals surface area contributed by atoms with Crippen molar-refractivity contribution in [3.8, 4) is 5.75 Å². The molecule has 1 aliphatic heterocycles. The Morgan fingerprint density at radius 1 is 1.19 bits per heavy atom. The number of aliphatic hydroxyl groups is 1. The molecule has 7 nitrogen and oxygen atoms in total. The van der Waals surface area contributed by atoms with Gasteiger partial charge in [0.2, 0.25) is 5.91 Å². The number of carbonyl (C=O) groups is 1. The molecule has 1 fully saturated rings. The van der Waals surface area contributed by atoms with Gasteiger partial charge in [0, 0.05) is 51.5 Å². The van der Waals surface area contributed by atoms with Crippen LogP contribution in [0.5, 0.6) is 5.75 Å². The number of aromatic nitrogens is 1. The van der Waals surface area contributed by atoms with E-state index in [0.29, 0.717) is 12.3 Å². The van der Waals surface area contributed by atoms with Crippen LogP contribution in [0.15, 0.2) is 48.7 Å². The summed E-state index contributed by atoms with van der Waals surface area (Å²) in [7, 11) is 0. The molecule has 0 radical (unpaired) electrons. The molecule has 1 atom stereocenters. The molecule has 27 heavy (non-hydrogen) atoms. The molecule has 2 heterocycles. The number of nitrogens with zero attached hydrogens (tertiary/aromatic N) is 3. The summed E-state index contributed by atoms with van der Waals surface area (Å²) in [5, 5.41) is 13.0. The van der Waals surface area contributed by atoms with E-state index in [1.165, 1.54) is 6.92 Å². The topological polar surface area (TPSA) is 77.9 Å². The lowest BCUT2D eigenvalue weighted by atomic mass is 10.2. The number of aliphatic hydroxyl groups excluding tert-OH is 1. The molecular weight excluding hydrogens is 344 g/mol. The van der Waals surface area contributed by atoms with Crippen molar-refractivity contribution in [3.05, 3.63) is 48.7 Å². The fraction of sp³-hybridized carbons (Fsp3) is 0.400. The van der Waals surface area contributed by atoms with Crippen molar-refractivity contribution < 1.29 is 14.6 Å². The highest BCUT2D eigenvalue weighted by atomic mass is 16.5. The van der Waals surface area contributed by atoms with E-state index in [9.17, 15) is 9.90 Å². The minimum Gasteiger partial charge on any atom is -0.491 e. The number of ether oxygens (including phenoxy) is 1. The van der Waals surface area contributed by atoms with Crippen LogP contribution in [0.1, 0.15) is 6.92 Å². The number of pyridine rings is 1. The largest absolute Gasteiger partial charge is 0.491 e. The van der Waals surface area contributed by atoms with Gasteiger partial charge >= 0.3 is 0 Å². The van der Waals surface area contributed by atoms with E-state index >= 15 is 0 Å². The first-order chi connectivity index (χ1) is 13.1. The summed E-state index contributed by atoms with van der Waals surface area (Å²) in [5.74, 6) is 1.56. The summed E-state index contributed by atoms with van der Waals surface area (Å²) < 4.78 is 5.65. The van der Waals surface area contributed by atoms with Crippen molar-refractivity contribution >= 4 is 17.4 Å². The zero-order valence-electron chi connectivity index (χ0n) is 15.5. The molecule has 144 valence electrons. The highest BCUT2D eigenvalue weighted by Crippen LogP contribution is 2.16. The van der Waals surface area contributed by atoms with Crippen molar-refractivity contribution in [2.75, 3.05) is 49.5 Å². The Labute approximate surface area is 159 Å². The van der Waals surface area contributed by atoms with Gasteiger partial charge in [-0.2, -0.15) is 0 Å². The van der Waals surface area contributed by atoms with Gasteiger partial charge in [-0.25, -0.2) is 4.98 Å². The lowest BCUT2D eigenvalue weighted by Crippen LogP contribution is -2.49. The monoisotopic (exact) mass is 370 g/mol. The fourth-order valence-electron chi connectivity index (χ4n) is 3.08. The summed E-state index contributed by atoms with van der Waals surface area (Å²) in [5.41, 5.74) is 0.723. The van der Waals surface area contributed by atoms with Gasteiger partial charge in [0.1, 0.15) is 24.3 Å². The van der Waals surface area contributed by atoms with Crippen molar-refractivity contribution in [2.24, 2.45) is 0 Å². The predicted octanol–water partition coefficient (Wildman–Crippen LogP) is 1.60. The zero-order valence-corrected chi connectivity index (χ0v) is 15.5. The van der Waals surface area contributed by atoms with Crippen LogP contribution >= 0.6 is 0 Å². The second-order valence-corrected chi connectivity index (χ2v) is 6.65. The Bertz CT molecular complexity index is 716. The van der Waals surface area contributed by atoms with Crippen LogP contribution in [-0.2, 0) is 4.79 Å². The Hall–Kier alpha value is -2.64. The summed E-state index contributed by atoms with van der Waals surface area (Å²) in [6.45, 7) is 5.86. The van der Waals surface area contributed by atoms with E-state index in [4.69, 9.17) is 4.74 Å². The van der Waals surface area contributed by atoms with Crippen LogP contribution in [0.2, 0.25) is 0 Å². The summed E-state index contributed by atoms with van der Waals surface area (Å²) >= 11 is 0. The molecule has 0 bridgehead atoms. The number of amides is 1. The van der Waals surface area contributed by atoms with Gasteiger partial charge in [-0.05, 0) is 36.4 Å². The van der Waals surface area contributed by atoms with Crippen molar-refractivity contribution in [3.63, 3.8) is 0 Å². The molecule has 1 unspecified atom stereocenters. The molecule has 7 heteroatoms. The van der Waals surface area contributed by atoms with Crippen LogP contribution in [0, 0.1) is 0 Å². The molecule has 1 aromatic heterocycles. The third kappa shape index (κ3) is 5.94. The van der Waals surface area contributed by atoms with Crippen LogP contribution in [0.4, 0.5) is 11.5 Å². The Kier molecular flexibility index (Phi) is 6.62. The minimum absolute atomic E-state index is 0.109. The second kappa shape index (κ2) is 9.34. The quantitative estimate of drug-likeness (QED) is 0.771. The Balaban J connectivity index is 1.38. The highest BCUT2D eigenvalue weighted by Gasteiger charge is 2.20. The van der Waals surface area contributed by atoms with Crippen molar-refractivity contribution in [1.82, 2.24) is 9.88 Å². The van der Waals surface area contributed by atoms with E-state index in [1.54, 1.807) is 24.3 Å². The SMILES string of the molecule is CC(=O)Nc1ccc(OCC(O)CN2CCN(c3ccccn3)CC2)cc1. The first-order valence-electron chi connectivity index (χ1n) is 9.17. The van der Waals surface area contributed by atoms with E-state index in [1.807, 2.05) is 24.4 Å². The number of β-amino-alcohol motifs (C(OH)–C–C–N with tert-alkyl or cyclic N) is 1. The minimum atomic E-state index is -0.554. The Morgan fingerprint density at radius 2 is 1.93 bits per heavy atom. The van der Waals surface area contributed by atoms with Gasteiger partial charge < -0.3 is 20.1 Å². The van der Waals surface area contributed by atoms with Crippen molar-refractivity contribution in [2.45, 2.75) is 13.0 Å². The molecule has 0 saturated carbocycles. The van der Waals surface area contributed by atoms with Gasteiger partial charge in [0.25, 0.3) is 0 Å². The van der Waals surface area contributed by atoms with E-state index in [-0.39, 0.29) is 12.5 Å². The number of rotatable bonds is 7. The fourth-order valence-corrected chi connectivity index (χ4v) is 3.08. The van der Waals surface area contributed by atoms with Crippen LogP contribution in [-0.4, -0.2) is 66.3 Å². The van der Waals surface area contributed by atoms with Crippen LogP contribution in [0.25, 0.3) is 0 Å². The molecule has 2 aromatic rings. The van der Waals surface area contributed by atoms with Gasteiger partial charge in [-0.15, -0.1) is 0 Å². The van der Waals surface area contributed by atoms with Gasteiger partial charge in [0.05, 0.1) is 0 Å². The van der Waals surface area contributed by atoms with Crippen molar-refractivity contribution in [1.29, 1.82) is 0 Å². The first-order valence-corrected chi connectivity index (χ1v) is 9.17. The predicted molar refractivity (Wildman–Crippen MR) is 105 cm³/mol. The van der Waals surface area contributed by atoms with Gasteiger partial charge in [-0.1, -0.05) is 6.07 Å². The van der Waals surface area contributed by atoms with E-state index < -0.39 is 6.10 Å². The molecule has 1 amide bonds. The third-order valence-corrected chi connectivity index (χ3v) is 4.43. The average Bonchev–Trinajstić information content (AvgIpc) is 2.68. The number of piperazine rings is 1. The van der Waals surface area contributed by atoms with E-state index in [2.05, 4.69) is 20.1 Å². The molecule has 0 spiro atoms. The number of benzene rings is 1. The first kappa shape index (κ1) is 19.1. The van der Waals surface area contributed by atoms with Gasteiger partial charge in [-0.3, -0.25) is 9.69 Å². The molecule has 1 aliphatic rings. The highest BCUT2D eigenvalue weighted by molar-refractivity contribution is 5.88. The number of nitrogens with one attached hydrogen (secondary N) is 1. The molecule has 2 N–H and O–H groups in total. The molecular formula is C20H26N4O3. The zero-order chi connectivity index (χ0) is 19.1. The average molecular weight is 370 g/mol. The number of anilines is 2. The maximum absolute atomic E-state index is 11.0. The lowest BCUT2D eigenvalue weighted by molar-refractivity contribution is -0.114. The summed E-state index contributed by atoms with van der Waals surface area (Å²) in [6.07, 6.45) is 1.26. The Morgan fingerprint density at radius 3 is 2.56 bits per heavy atom. The van der Waals surface area contributed by atoms with Crippen LogP contribution in [0.3, 0.4) is 0 Å². The third-order valence-electron chi connectivity index (χ3n) is 4.43. The number of carbonyl (C=O) groups excluding carboxylic acids is 1. The maximum Gasteiger partial charge on any atom is 0.221 e. The van der Waals surface area contributed by atoms with E-state index in [0.717, 1.165) is 37.7 Å². The van der Waals surface area contributed by atoms with Gasteiger partial charge in [0.15, 0.2) is 0 Å². The molecule has 1 saturated heterocycles. The standard InChI is InChI=1S/C20H26N4O3/c1-16(25)22-17-5-7-19(8-6-17)27-15-18(26)14-23-10-12-24(13-11-23)20-4-2-3-9-21-20/h2-9,18,26H,10-15H2,1H3,(H,22,25). The second-order valence-electron chi connectivity index (χ2n) is 6.65. The van der Waals surface area contributed by atoms with Crippen LogP contribution < -0.4 is 15.0 Å². The molecule has 1 aromatic carbocycles. The number of hydrogen-bond donors (Lipinski definition) is 2. The normalized spacial score (nSPS) is 16.0. The maximum atomic E-state index is 11.0. The summed E-state index contributed by atoms with van der Waals surface area (Å²) in [6, 6.07) is 13.1. The molecule has 3 rings (SSSR count). The lowest BCUT2D eigenvalue weighted by Gasteiger charge is -2.36.